The molecule has 0 spiro atoms. The van der Waals surface area contributed by atoms with Crippen molar-refractivity contribution in [2.45, 2.75) is 13.8 Å². The van der Waals surface area contributed by atoms with Gasteiger partial charge in [0.15, 0.2) is 11.6 Å². The van der Waals surface area contributed by atoms with E-state index in [2.05, 4.69) is 30.9 Å². The lowest BCUT2D eigenvalue weighted by Crippen LogP contribution is -2.02. The SMILES string of the molecule is CC(=O)c1cnc(-c2cncc(Br)c2)nc1C. The third-order valence-corrected chi connectivity index (χ3v) is 2.76. The van der Waals surface area contributed by atoms with Crippen LogP contribution in [0, 0.1) is 6.92 Å². The second kappa shape index (κ2) is 4.71. The van der Waals surface area contributed by atoms with Gasteiger partial charge in [-0.05, 0) is 35.8 Å². The predicted octanol–water partition coefficient (Wildman–Crippen LogP) is 2.81. The van der Waals surface area contributed by atoms with Crippen LogP contribution in [0.1, 0.15) is 23.0 Å². The fourth-order valence-corrected chi connectivity index (χ4v) is 1.85. The van der Waals surface area contributed by atoms with Crippen LogP contribution in [0.25, 0.3) is 11.4 Å². The van der Waals surface area contributed by atoms with Crippen molar-refractivity contribution in [1.82, 2.24) is 15.0 Å². The Morgan fingerprint density at radius 3 is 2.65 bits per heavy atom. The van der Waals surface area contributed by atoms with E-state index in [-0.39, 0.29) is 5.78 Å². The number of halogens is 1. The molecule has 0 fully saturated rings. The molecule has 86 valence electrons. The Bertz CT molecular complexity index is 584. The van der Waals surface area contributed by atoms with Crippen LogP contribution in [0.15, 0.2) is 29.1 Å². The Hall–Kier alpha value is -1.62. The topological polar surface area (TPSA) is 55.7 Å². The van der Waals surface area contributed by atoms with Crippen molar-refractivity contribution in [2.75, 3.05) is 0 Å². The van der Waals surface area contributed by atoms with Crippen molar-refractivity contribution < 1.29 is 4.79 Å². The largest absolute Gasteiger partial charge is 0.294 e. The summed E-state index contributed by atoms with van der Waals surface area (Å²) in [5.41, 5.74) is 2.05. The van der Waals surface area contributed by atoms with Gasteiger partial charge < -0.3 is 0 Å². The molecule has 0 bridgehead atoms. The molecule has 0 aliphatic rings. The number of rotatable bonds is 2. The minimum atomic E-state index is -0.0265. The Morgan fingerprint density at radius 1 is 1.29 bits per heavy atom. The molecule has 2 aromatic heterocycles. The second-order valence-electron chi connectivity index (χ2n) is 3.64. The number of carbonyl (C=O) groups is 1. The molecule has 0 radical (unpaired) electrons. The van der Waals surface area contributed by atoms with E-state index < -0.39 is 0 Å². The third kappa shape index (κ3) is 2.55. The number of ketones is 1. The lowest BCUT2D eigenvalue weighted by molar-refractivity contribution is 0.101. The summed E-state index contributed by atoms with van der Waals surface area (Å²) in [6.07, 6.45) is 4.94. The standard InChI is InChI=1S/C12H10BrN3O/c1-7-11(8(2)17)6-15-12(16-7)9-3-10(13)5-14-4-9/h3-6H,1-2H3. The van der Waals surface area contributed by atoms with Gasteiger partial charge in [-0.3, -0.25) is 9.78 Å². The number of Topliss-reactive ketones (excluding diaryl/α,β-unsaturated/α-hetero) is 1. The van der Waals surface area contributed by atoms with Gasteiger partial charge in [-0.1, -0.05) is 0 Å². The summed E-state index contributed by atoms with van der Waals surface area (Å²) in [6.45, 7) is 3.30. The van der Waals surface area contributed by atoms with E-state index in [0.29, 0.717) is 17.1 Å². The van der Waals surface area contributed by atoms with Gasteiger partial charge >= 0.3 is 0 Å². The second-order valence-corrected chi connectivity index (χ2v) is 4.56. The quantitative estimate of drug-likeness (QED) is 0.799. The van der Waals surface area contributed by atoms with Crippen molar-refractivity contribution in [3.05, 3.63) is 40.4 Å². The lowest BCUT2D eigenvalue weighted by Gasteiger charge is -2.04. The van der Waals surface area contributed by atoms with Gasteiger partial charge in [0.2, 0.25) is 0 Å². The van der Waals surface area contributed by atoms with E-state index in [4.69, 9.17) is 0 Å². The predicted molar refractivity (Wildman–Crippen MR) is 67.7 cm³/mol. The highest BCUT2D eigenvalue weighted by Crippen LogP contribution is 2.19. The molecular formula is C12H10BrN3O. The Morgan fingerprint density at radius 2 is 2.06 bits per heavy atom. The third-order valence-electron chi connectivity index (χ3n) is 2.32. The molecule has 2 rings (SSSR count). The van der Waals surface area contributed by atoms with Crippen molar-refractivity contribution in [3.8, 4) is 11.4 Å². The monoisotopic (exact) mass is 291 g/mol. The molecule has 4 nitrogen and oxygen atoms in total. The summed E-state index contributed by atoms with van der Waals surface area (Å²) < 4.78 is 0.867. The van der Waals surface area contributed by atoms with Crippen LogP contribution in [0.2, 0.25) is 0 Å². The maximum atomic E-state index is 11.3. The van der Waals surface area contributed by atoms with Crippen LogP contribution in [0.3, 0.4) is 0 Å². The van der Waals surface area contributed by atoms with Gasteiger partial charge in [-0.15, -0.1) is 0 Å². The summed E-state index contributed by atoms with van der Waals surface area (Å²) in [6, 6.07) is 1.88. The molecule has 0 amide bonds. The maximum Gasteiger partial charge on any atom is 0.163 e. The molecule has 5 heteroatoms. The summed E-state index contributed by atoms with van der Waals surface area (Å²) >= 11 is 3.34. The smallest absolute Gasteiger partial charge is 0.163 e. The average Bonchev–Trinajstić information content (AvgIpc) is 2.28. The zero-order valence-electron chi connectivity index (χ0n) is 9.44. The van der Waals surface area contributed by atoms with E-state index in [1.165, 1.54) is 6.92 Å². The first-order valence-electron chi connectivity index (χ1n) is 5.03. The summed E-state index contributed by atoms with van der Waals surface area (Å²) in [5, 5.41) is 0. The molecule has 0 saturated heterocycles. The molecule has 2 heterocycles. The van der Waals surface area contributed by atoms with E-state index in [9.17, 15) is 4.79 Å². The molecule has 0 N–H and O–H groups in total. The average molecular weight is 292 g/mol. The zero-order chi connectivity index (χ0) is 12.4. The van der Waals surface area contributed by atoms with Gasteiger partial charge in [0.25, 0.3) is 0 Å². The van der Waals surface area contributed by atoms with Gasteiger partial charge in [0.1, 0.15) is 0 Å². The number of aryl methyl sites for hydroxylation is 1. The molecule has 0 unspecified atom stereocenters. The number of nitrogens with zero attached hydrogens (tertiary/aromatic N) is 3. The van der Waals surface area contributed by atoms with Crippen molar-refractivity contribution in [1.29, 1.82) is 0 Å². The van der Waals surface area contributed by atoms with E-state index in [0.717, 1.165) is 10.0 Å². The fourth-order valence-electron chi connectivity index (χ4n) is 1.49. The fraction of sp³-hybridized carbons (Fsp3) is 0.167. The molecule has 0 saturated carbocycles. The molecular weight excluding hydrogens is 282 g/mol. The van der Waals surface area contributed by atoms with E-state index in [1.54, 1.807) is 25.5 Å². The van der Waals surface area contributed by atoms with E-state index in [1.807, 2.05) is 6.07 Å². The molecule has 0 aliphatic carbocycles. The van der Waals surface area contributed by atoms with Crippen molar-refractivity contribution in [2.24, 2.45) is 0 Å². The Kier molecular flexibility index (Phi) is 3.28. The molecule has 0 aromatic carbocycles. The number of carbonyl (C=O) groups excluding carboxylic acids is 1. The van der Waals surface area contributed by atoms with Crippen molar-refractivity contribution >= 4 is 21.7 Å². The van der Waals surface area contributed by atoms with Crippen LogP contribution < -0.4 is 0 Å². The highest BCUT2D eigenvalue weighted by molar-refractivity contribution is 9.10. The van der Waals surface area contributed by atoms with Gasteiger partial charge in [0.05, 0.1) is 11.3 Å². The number of hydrogen-bond donors (Lipinski definition) is 0. The van der Waals surface area contributed by atoms with Crippen LogP contribution in [-0.2, 0) is 0 Å². The van der Waals surface area contributed by atoms with Crippen LogP contribution in [-0.4, -0.2) is 20.7 Å². The minimum absolute atomic E-state index is 0.0265. The first-order valence-corrected chi connectivity index (χ1v) is 5.82. The normalized spacial score (nSPS) is 10.3. The highest BCUT2D eigenvalue weighted by atomic mass is 79.9. The summed E-state index contributed by atoms with van der Waals surface area (Å²) in [7, 11) is 0. The van der Waals surface area contributed by atoms with Gasteiger partial charge in [0, 0.05) is 28.6 Å². The molecule has 0 atom stereocenters. The first kappa shape index (κ1) is 11.9. The lowest BCUT2D eigenvalue weighted by atomic mass is 10.1. The summed E-state index contributed by atoms with van der Waals surface area (Å²) in [4.78, 5) is 23.8. The number of hydrogen-bond acceptors (Lipinski definition) is 4. The number of aromatic nitrogens is 3. The zero-order valence-corrected chi connectivity index (χ0v) is 11.0. The Balaban J connectivity index is 2.48. The van der Waals surface area contributed by atoms with Crippen molar-refractivity contribution in [3.63, 3.8) is 0 Å². The van der Waals surface area contributed by atoms with Crippen LogP contribution in [0.4, 0.5) is 0 Å². The summed E-state index contributed by atoms with van der Waals surface area (Å²) in [5.74, 6) is 0.544. The van der Waals surface area contributed by atoms with Gasteiger partial charge in [-0.25, -0.2) is 9.97 Å². The molecule has 2 aromatic rings. The molecule has 17 heavy (non-hydrogen) atoms. The van der Waals surface area contributed by atoms with Crippen LogP contribution >= 0.6 is 15.9 Å². The van der Waals surface area contributed by atoms with E-state index >= 15 is 0 Å². The Labute approximate surface area is 107 Å². The minimum Gasteiger partial charge on any atom is -0.294 e. The molecule has 0 aliphatic heterocycles. The van der Waals surface area contributed by atoms with Gasteiger partial charge in [-0.2, -0.15) is 0 Å². The maximum absolute atomic E-state index is 11.3. The van der Waals surface area contributed by atoms with Crippen LogP contribution in [0.5, 0.6) is 0 Å². The number of pyridine rings is 1. The highest BCUT2D eigenvalue weighted by Gasteiger charge is 2.09. The first-order chi connectivity index (χ1) is 8.08.